The molecule has 2 aromatic rings. The SMILES string of the molecule is C=C1C(C)=C(CC(=O)NC(C)(C)c2ccccc2)c2ccccc21. The summed E-state index contributed by atoms with van der Waals surface area (Å²) in [6, 6.07) is 18.2. The lowest BCUT2D eigenvalue weighted by molar-refractivity contribution is -0.121. The van der Waals surface area contributed by atoms with E-state index in [1.807, 2.05) is 63.2 Å². The summed E-state index contributed by atoms with van der Waals surface area (Å²) in [7, 11) is 0. The summed E-state index contributed by atoms with van der Waals surface area (Å²) in [5, 5.41) is 3.16. The zero-order valence-electron chi connectivity index (χ0n) is 14.5. The fraction of sp³-hybridized carbons (Fsp3) is 0.227. The number of amides is 1. The van der Waals surface area contributed by atoms with E-state index in [1.54, 1.807) is 0 Å². The lowest BCUT2D eigenvalue weighted by Crippen LogP contribution is -2.40. The molecule has 1 N–H and O–H groups in total. The Morgan fingerprint density at radius 3 is 2.25 bits per heavy atom. The number of nitrogens with one attached hydrogen (secondary N) is 1. The molecule has 1 aliphatic carbocycles. The standard InChI is InChI=1S/C22H23NO/c1-15-16(2)20(19-13-9-8-12-18(15)19)14-21(24)23-22(3,4)17-10-6-5-7-11-17/h5-13H,1,14H2,2-4H3,(H,23,24). The van der Waals surface area contributed by atoms with Crippen molar-refractivity contribution in [2.45, 2.75) is 32.7 Å². The maximum absolute atomic E-state index is 12.7. The summed E-state index contributed by atoms with van der Waals surface area (Å²) < 4.78 is 0. The van der Waals surface area contributed by atoms with Crippen LogP contribution in [0, 0.1) is 0 Å². The number of hydrogen-bond acceptors (Lipinski definition) is 1. The molecule has 0 radical (unpaired) electrons. The molecule has 0 saturated carbocycles. The number of rotatable bonds is 4. The van der Waals surface area contributed by atoms with Crippen molar-refractivity contribution in [3.63, 3.8) is 0 Å². The molecule has 0 aromatic heterocycles. The van der Waals surface area contributed by atoms with Crippen LogP contribution < -0.4 is 5.32 Å². The molecule has 0 unspecified atom stereocenters. The summed E-state index contributed by atoms with van der Waals surface area (Å²) >= 11 is 0. The van der Waals surface area contributed by atoms with E-state index in [0.717, 1.165) is 33.4 Å². The summed E-state index contributed by atoms with van der Waals surface area (Å²) in [5.74, 6) is 0.0303. The van der Waals surface area contributed by atoms with Crippen LogP contribution in [0.3, 0.4) is 0 Å². The van der Waals surface area contributed by atoms with Gasteiger partial charge in [0.1, 0.15) is 0 Å². The fourth-order valence-electron chi connectivity index (χ4n) is 3.30. The maximum Gasteiger partial charge on any atom is 0.225 e. The molecule has 0 saturated heterocycles. The van der Waals surface area contributed by atoms with Crippen LogP contribution in [0.25, 0.3) is 11.1 Å². The van der Waals surface area contributed by atoms with Crippen molar-refractivity contribution in [2.75, 3.05) is 0 Å². The Hall–Kier alpha value is -2.61. The van der Waals surface area contributed by atoms with Gasteiger partial charge in [0.15, 0.2) is 0 Å². The molecule has 2 aromatic carbocycles. The van der Waals surface area contributed by atoms with Crippen LogP contribution in [0.2, 0.25) is 0 Å². The predicted octanol–water partition coefficient (Wildman–Crippen LogP) is 4.93. The summed E-state index contributed by atoms with van der Waals surface area (Å²) in [6.45, 7) is 10.3. The Balaban J connectivity index is 1.80. The summed E-state index contributed by atoms with van der Waals surface area (Å²) in [5.41, 5.74) is 6.19. The van der Waals surface area contributed by atoms with Gasteiger partial charge in [0, 0.05) is 0 Å². The molecule has 0 fully saturated rings. The van der Waals surface area contributed by atoms with E-state index in [-0.39, 0.29) is 5.91 Å². The number of carbonyl (C=O) groups is 1. The highest BCUT2D eigenvalue weighted by Crippen LogP contribution is 2.41. The molecule has 1 aliphatic rings. The monoisotopic (exact) mass is 317 g/mol. The lowest BCUT2D eigenvalue weighted by atomic mass is 9.93. The normalized spacial score (nSPS) is 13.9. The van der Waals surface area contributed by atoms with Gasteiger partial charge in [-0.3, -0.25) is 4.79 Å². The van der Waals surface area contributed by atoms with Gasteiger partial charge in [0.05, 0.1) is 12.0 Å². The second kappa shape index (κ2) is 6.12. The van der Waals surface area contributed by atoms with Gasteiger partial charge in [0.25, 0.3) is 0 Å². The first-order valence-corrected chi connectivity index (χ1v) is 8.25. The Morgan fingerprint density at radius 2 is 1.58 bits per heavy atom. The highest BCUT2D eigenvalue weighted by Gasteiger charge is 2.27. The zero-order chi connectivity index (χ0) is 17.3. The molecule has 3 rings (SSSR count). The molecule has 0 spiro atoms. The molecular weight excluding hydrogens is 294 g/mol. The van der Waals surface area contributed by atoms with Gasteiger partial charge in [-0.05, 0) is 54.2 Å². The van der Waals surface area contributed by atoms with E-state index in [1.165, 1.54) is 0 Å². The van der Waals surface area contributed by atoms with Crippen molar-refractivity contribution in [3.05, 3.63) is 83.4 Å². The Labute approximate surface area is 143 Å². The van der Waals surface area contributed by atoms with Crippen molar-refractivity contribution in [1.29, 1.82) is 0 Å². The fourth-order valence-corrected chi connectivity index (χ4v) is 3.30. The van der Waals surface area contributed by atoms with E-state index in [4.69, 9.17) is 0 Å². The van der Waals surface area contributed by atoms with E-state index in [2.05, 4.69) is 24.0 Å². The van der Waals surface area contributed by atoms with Crippen LogP contribution in [0.4, 0.5) is 0 Å². The van der Waals surface area contributed by atoms with Crippen molar-refractivity contribution in [3.8, 4) is 0 Å². The first-order valence-electron chi connectivity index (χ1n) is 8.25. The molecular formula is C22H23NO. The molecule has 0 atom stereocenters. The third-order valence-electron chi connectivity index (χ3n) is 4.77. The van der Waals surface area contributed by atoms with Crippen LogP contribution in [0.1, 0.15) is 43.9 Å². The third kappa shape index (κ3) is 2.92. The van der Waals surface area contributed by atoms with Crippen molar-refractivity contribution in [2.24, 2.45) is 0 Å². The average molecular weight is 317 g/mol. The molecule has 0 heterocycles. The molecule has 0 aliphatic heterocycles. The Bertz CT molecular complexity index is 828. The van der Waals surface area contributed by atoms with E-state index >= 15 is 0 Å². The average Bonchev–Trinajstić information content (AvgIpc) is 2.81. The largest absolute Gasteiger partial charge is 0.347 e. The van der Waals surface area contributed by atoms with Crippen LogP contribution in [-0.2, 0) is 10.3 Å². The highest BCUT2D eigenvalue weighted by atomic mass is 16.1. The van der Waals surface area contributed by atoms with Gasteiger partial charge in [-0.25, -0.2) is 0 Å². The van der Waals surface area contributed by atoms with E-state index < -0.39 is 5.54 Å². The number of hydrogen-bond donors (Lipinski definition) is 1. The maximum atomic E-state index is 12.7. The first-order chi connectivity index (χ1) is 11.4. The minimum absolute atomic E-state index is 0.0303. The van der Waals surface area contributed by atoms with Gasteiger partial charge in [0.2, 0.25) is 5.91 Å². The lowest BCUT2D eigenvalue weighted by Gasteiger charge is -2.27. The minimum Gasteiger partial charge on any atom is -0.347 e. The first kappa shape index (κ1) is 16.3. The van der Waals surface area contributed by atoms with Crippen LogP contribution in [0.5, 0.6) is 0 Å². The Kier molecular flexibility index (Phi) is 4.15. The summed E-state index contributed by atoms with van der Waals surface area (Å²) in [4.78, 5) is 12.7. The Morgan fingerprint density at radius 1 is 1.00 bits per heavy atom. The predicted molar refractivity (Wildman–Crippen MR) is 100 cm³/mol. The molecule has 122 valence electrons. The summed E-state index contributed by atoms with van der Waals surface area (Å²) in [6.07, 6.45) is 0.373. The quantitative estimate of drug-likeness (QED) is 0.851. The highest BCUT2D eigenvalue weighted by molar-refractivity contribution is 6.03. The molecule has 0 bridgehead atoms. The smallest absolute Gasteiger partial charge is 0.225 e. The minimum atomic E-state index is -0.401. The van der Waals surface area contributed by atoms with Crippen LogP contribution in [0.15, 0.2) is 66.7 Å². The van der Waals surface area contributed by atoms with Gasteiger partial charge in [-0.1, -0.05) is 61.2 Å². The van der Waals surface area contributed by atoms with Crippen molar-refractivity contribution >= 4 is 17.1 Å². The van der Waals surface area contributed by atoms with Crippen LogP contribution in [-0.4, -0.2) is 5.91 Å². The van der Waals surface area contributed by atoms with Crippen LogP contribution >= 0.6 is 0 Å². The van der Waals surface area contributed by atoms with E-state index in [9.17, 15) is 4.79 Å². The van der Waals surface area contributed by atoms with Crippen molar-refractivity contribution in [1.82, 2.24) is 5.32 Å². The zero-order valence-corrected chi connectivity index (χ0v) is 14.5. The molecule has 1 amide bonds. The molecule has 24 heavy (non-hydrogen) atoms. The molecule has 2 heteroatoms. The number of fused-ring (bicyclic) bond motifs is 1. The number of carbonyl (C=O) groups excluding carboxylic acids is 1. The third-order valence-corrected chi connectivity index (χ3v) is 4.77. The van der Waals surface area contributed by atoms with Gasteiger partial charge in [-0.2, -0.15) is 0 Å². The van der Waals surface area contributed by atoms with Gasteiger partial charge < -0.3 is 5.32 Å². The number of allylic oxidation sites excluding steroid dienone is 2. The second-order valence-electron chi connectivity index (χ2n) is 6.84. The molecule has 2 nitrogen and oxygen atoms in total. The topological polar surface area (TPSA) is 29.1 Å². The number of benzene rings is 2. The van der Waals surface area contributed by atoms with E-state index in [0.29, 0.717) is 6.42 Å². The van der Waals surface area contributed by atoms with Gasteiger partial charge >= 0.3 is 0 Å². The second-order valence-corrected chi connectivity index (χ2v) is 6.84. The van der Waals surface area contributed by atoms with Crippen molar-refractivity contribution < 1.29 is 4.79 Å². The van der Waals surface area contributed by atoms with Gasteiger partial charge in [-0.15, -0.1) is 0 Å².